The molecule has 0 atom stereocenters. The number of hydrogen-bond acceptors (Lipinski definition) is 0. The zero-order valence-electron chi connectivity index (χ0n) is 8.03. The first-order valence-corrected chi connectivity index (χ1v) is 4.71. The van der Waals surface area contributed by atoms with E-state index < -0.39 is 0 Å². The van der Waals surface area contributed by atoms with Crippen molar-refractivity contribution in [1.82, 2.24) is 0 Å². The first-order chi connectivity index (χ1) is 6.84. The van der Waals surface area contributed by atoms with Crippen LogP contribution >= 0.6 is 0 Å². The molecule has 0 spiro atoms. The van der Waals surface area contributed by atoms with Crippen molar-refractivity contribution in [2.24, 2.45) is 0 Å². The Bertz CT molecular complexity index is 384. The topological polar surface area (TPSA) is 0 Å². The fraction of sp³-hybridized carbons (Fsp3) is 0.0714. The third kappa shape index (κ3) is 2.23. The highest BCUT2D eigenvalue weighted by atomic mass is 14.0. The summed E-state index contributed by atoms with van der Waals surface area (Å²) in [5.41, 5.74) is 3.59. The maximum absolute atomic E-state index is 3.86. The van der Waals surface area contributed by atoms with Crippen molar-refractivity contribution >= 4 is 0 Å². The lowest BCUT2D eigenvalue weighted by atomic mass is 10.0. The van der Waals surface area contributed by atoms with Crippen molar-refractivity contribution in [1.29, 1.82) is 0 Å². The Labute approximate surface area is 85.2 Å². The van der Waals surface area contributed by atoms with E-state index in [0.29, 0.717) is 0 Å². The molecule has 0 fully saturated rings. The fourth-order valence-corrected chi connectivity index (χ4v) is 1.42. The van der Waals surface area contributed by atoms with Crippen LogP contribution in [0.5, 0.6) is 0 Å². The van der Waals surface area contributed by atoms with Crippen molar-refractivity contribution in [2.45, 2.75) is 6.42 Å². The molecule has 0 heterocycles. The molecule has 2 aromatic carbocycles. The molecule has 0 amide bonds. The molecular formula is C14H12. The maximum Gasteiger partial charge on any atom is -0.00196 e. The van der Waals surface area contributed by atoms with E-state index in [0.717, 1.165) is 12.0 Å². The van der Waals surface area contributed by atoms with Crippen molar-refractivity contribution in [3.05, 3.63) is 78.2 Å². The molecule has 2 aromatic rings. The second-order valence-corrected chi connectivity index (χ2v) is 3.38. The Kier molecular flexibility index (Phi) is 2.64. The Balaban J connectivity index is 2.16. The monoisotopic (exact) mass is 180 g/mol. The molecule has 0 heteroatoms. The summed E-state index contributed by atoms with van der Waals surface area (Å²) in [6, 6.07) is 19.6. The largest absolute Gasteiger partial charge is 0.0619 e. The molecule has 0 aliphatic heterocycles. The van der Waals surface area contributed by atoms with Gasteiger partial charge >= 0.3 is 0 Å². The van der Waals surface area contributed by atoms with Gasteiger partial charge < -0.3 is 0 Å². The van der Waals surface area contributed by atoms with Gasteiger partial charge in [0.2, 0.25) is 0 Å². The first-order valence-electron chi connectivity index (χ1n) is 4.71. The van der Waals surface area contributed by atoms with Gasteiger partial charge in [0.1, 0.15) is 0 Å². The third-order valence-corrected chi connectivity index (χ3v) is 2.19. The normalized spacial score (nSPS) is 10.1. The van der Waals surface area contributed by atoms with E-state index in [1.165, 1.54) is 11.1 Å². The summed E-state index contributed by atoms with van der Waals surface area (Å²) >= 11 is 0. The Hall–Kier alpha value is -1.56. The van der Waals surface area contributed by atoms with Gasteiger partial charge in [-0.05, 0) is 36.1 Å². The number of rotatable bonds is 2. The summed E-state index contributed by atoms with van der Waals surface area (Å²) in [6.45, 7) is 3.86. The second-order valence-electron chi connectivity index (χ2n) is 3.38. The molecule has 0 saturated heterocycles. The van der Waals surface area contributed by atoms with Gasteiger partial charge in [-0.15, -0.1) is 0 Å². The van der Waals surface area contributed by atoms with Gasteiger partial charge in [0.15, 0.2) is 0 Å². The molecule has 0 aliphatic carbocycles. The average Bonchev–Trinajstić information content (AvgIpc) is 2.23. The van der Waals surface area contributed by atoms with E-state index in [1.807, 2.05) is 30.3 Å². The van der Waals surface area contributed by atoms with Crippen LogP contribution in [0, 0.1) is 13.0 Å². The molecular weight excluding hydrogens is 168 g/mol. The molecule has 0 nitrogen and oxygen atoms in total. The molecule has 2 radical (unpaired) electrons. The predicted octanol–water partition coefficient (Wildman–Crippen LogP) is 3.26. The zero-order chi connectivity index (χ0) is 9.80. The van der Waals surface area contributed by atoms with Gasteiger partial charge in [0.05, 0.1) is 0 Å². The summed E-state index contributed by atoms with van der Waals surface area (Å²) in [7, 11) is 0. The molecule has 14 heavy (non-hydrogen) atoms. The molecule has 68 valence electrons. The summed E-state index contributed by atoms with van der Waals surface area (Å²) in [5, 5.41) is 0. The predicted molar refractivity (Wildman–Crippen MR) is 59.0 cm³/mol. The van der Waals surface area contributed by atoms with Gasteiger partial charge in [-0.25, -0.2) is 0 Å². The number of hydrogen-bond donors (Lipinski definition) is 0. The minimum atomic E-state index is 0.946. The van der Waals surface area contributed by atoms with Gasteiger partial charge in [0, 0.05) is 0 Å². The van der Waals surface area contributed by atoms with E-state index in [9.17, 15) is 0 Å². The van der Waals surface area contributed by atoms with Crippen LogP contribution in [0.1, 0.15) is 16.7 Å². The van der Waals surface area contributed by atoms with Crippen LogP contribution in [-0.2, 0) is 6.42 Å². The van der Waals surface area contributed by atoms with Crippen molar-refractivity contribution in [3.63, 3.8) is 0 Å². The van der Waals surface area contributed by atoms with E-state index in [4.69, 9.17) is 0 Å². The fourth-order valence-electron chi connectivity index (χ4n) is 1.42. The van der Waals surface area contributed by atoms with Crippen LogP contribution in [0.25, 0.3) is 0 Å². The quantitative estimate of drug-likeness (QED) is 0.665. The smallest absolute Gasteiger partial charge is 0.00196 e. The molecule has 0 aromatic heterocycles. The molecule has 0 unspecified atom stereocenters. The lowest BCUT2D eigenvalue weighted by molar-refractivity contribution is 1.19. The maximum atomic E-state index is 3.86. The summed E-state index contributed by atoms with van der Waals surface area (Å²) in [5.74, 6) is 0. The first kappa shape index (κ1) is 9.01. The van der Waals surface area contributed by atoms with Crippen molar-refractivity contribution < 1.29 is 0 Å². The third-order valence-electron chi connectivity index (χ3n) is 2.19. The summed E-state index contributed by atoms with van der Waals surface area (Å²) in [6.07, 6.45) is 0.946. The average molecular weight is 180 g/mol. The summed E-state index contributed by atoms with van der Waals surface area (Å²) < 4.78 is 0. The highest BCUT2D eigenvalue weighted by molar-refractivity contribution is 5.29. The van der Waals surface area contributed by atoms with Crippen molar-refractivity contribution in [3.8, 4) is 0 Å². The lowest BCUT2D eigenvalue weighted by Gasteiger charge is -2.01. The van der Waals surface area contributed by atoms with Crippen LogP contribution in [-0.4, -0.2) is 0 Å². The Morgan fingerprint density at radius 2 is 1.79 bits per heavy atom. The van der Waals surface area contributed by atoms with Crippen LogP contribution < -0.4 is 0 Å². The van der Waals surface area contributed by atoms with E-state index >= 15 is 0 Å². The lowest BCUT2D eigenvalue weighted by Crippen LogP contribution is -1.87. The van der Waals surface area contributed by atoms with Gasteiger partial charge in [-0.2, -0.15) is 0 Å². The Morgan fingerprint density at radius 3 is 2.43 bits per heavy atom. The SMILES string of the molecule is [CH2]c1ccc(Cc2[c]cccc2)cc1. The van der Waals surface area contributed by atoms with Crippen LogP contribution in [0.3, 0.4) is 0 Å². The minimum Gasteiger partial charge on any atom is -0.0619 e. The van der Waals surface area contributed by atoms with E-state index in [1.54, 1.807) is 0 Å². The molecule has 0 aliphatic rings. The number of benzene rings is 2. The minimum absolute atomic E-state index is 0.946. The zero-order valence-corrected chi connectivity index (χ0v) is 8.03. The van der Waals surface area contributed by atoms with Crippen LogP contribution in [0.15, 0.2) is 48.5 Å². The van der Waals surface area contributed by atoms with Gasteiger partial charge in [0.25, 0.3) is 0 Å². The second kappa shape index (κ2) is 4.10. The van der Waals surface area contributed by atoms with Gasteiger partial charge in [-0.1, -0.05) is 48.5 Å². The highest BCUT2D eigenvalue weighted by Gasteiger charge is 1.94. The molecule has 0 N–H and O–H groups in total. The standard InChI is InChI=1S/C14H12/c1-12-7-9-14(10-8-12)11-13-5-3-2-4-6-13/h2-5,7-10H,1,11H2. The molecule has 0 saturated carbocycles. The highest BCUT2D eigenvalue weighted by Crippen LogP contribution is 2.09. The Morgan fingerprint density at radius 1 is 1.00 bits per heavy atom. The molecule has 2 rings (SSSR count). The van der Waals surface area contributed by atoms with Crippen molar-refractivity contribution in [2.75, 3.05) is 0 Å². The van der Waals surface area contributed by atoms with Crippen LogP contribution in [0.2, 0.25) is 0 Å². The summed E-state index contributed by atoms with van der Waals surface area (Å²) in [4.78, 5) is 0. The van der Waals surface area contributed by atoms with E-state index in [2.05, 4.69) is 31.2 Å². The van der Waals surface area contributed by atoms with E-state index in [-0.39, 0.29) is 0 Å². The van der Waals surface area contributed by atoms with Crippen LogP contribution in [0.4, 0.5) is 0 Å². The van der Waals surface area contributed by atoms with Gasteiger partial charge in [-0.3, -0.25) is 0 Å². The molecule has 0 bridgehead atoms.